The molecular weight excluding hydrogens is 997 g/mol. The first-order chi connectivity index (χ1) is 34.0. The molecule has 0 bridgehead atoms. The molecule has 6 aromatic rings. The molecule has 0 aromatic heterocycles. The van der Waals surface area contributed by atoms with Crippen LogP contribution in [-0.2, 0) is 39.9 Å². The Hall–Kier alpha value is -8.92. The number of allylic oxidation sites excluding steroid dienone is 4. The molecule has 0 unspecified atom stereocenters. The second-order valence-corrected chi connectivity index (χ2v) is 19.7. The zero-order chi connectivity index (χ0) is 51.9. The van der Waals surface area contributed by atoms with Gasteiger partial charge < -0.3 is 16.6 Å². The molecule has 0 spiro atoms. The number of benzene rings is 6. The number of carbonyl (C=O) groups is 3. The van der Waals surface area contributed by atoms with Gasteiger partial charge in [0, 0.05) is 16.3 Å². The predicted molar refractivity (Wildman–Crippen MR) is 266 cm³/mol. The summed E-state index contributed by atoms with van der Waals surface area (Å²) < 4.78 is 105. The highest BCUT2D eigenvalue weighted by Crippen LogP contribution is 2.42. The molecular formula is C46H34N10O13S3. The first-order valence-corrected chi connectivity index (χ1v) is 24.8. The molecule has 364 valence electrons. The molecule has 2 aliphatic carbocycles. The largest absolute Gasteiger partial charge is 0.478 e. The number of hydrazone groups is 2. The average Bonchev–Trinajstić information content (AvgIpc) is 3.33. The maximum Gasteiger partial charge on any atom is 0.339 e. The summed E-state index contributed by atoms with van der Waals surface area (Å²) in [6.07, 6.45) is 4.42. The molecule has 0 amide bonds. The van der Waals surface area contributed by atoms with E-state index in [0.717, 1.165) is 47.6 Å². The minimum Gasteiger partial charge on any atom is -0.478 e. The van der Waals surface area contributed by atoms with Crippen LogP contribution in [0, 0.1) is 6.92 Å². The molecule has 0 heterocycles. The number of nitrogens with one attached hydrogen (secondary N) is 2. The van der Waals surface area contributed by atoms with Gasteiger partial charge in [-0.1, -0.05) is 48.5 Å². The molecule has 26 heteroatoms. The molecule has 0 radical (unpaired) electrons. The number of ketones is 2. The molecule has 6 aromatic carbocycles. The van der Waals surface area contributed by atoms with Gasteiger partial charge in [-0.25, -0.2) is 4.79 Å². The van der Waals surface area contributed by atoms with Crippen molar-refractivity contribution in [2.75, 3.05) is 22.3 Å². The number of hydrogen-bond donors (Lipinski definition) is 8. The minimum atomic E-state index is -5.25. The van der Waals surface area contributed by atoms with Gasteiger partial charge in [0.05, 0.1) is 34.1 Å². The van der Waals surface area contributed by atoms with Crippen LogP contribution < -0.4 is 22.3 Å². The number of carbonyl (C=O) groups excluding carboxylic acids is 2. The minimum absolute atomic E-state index is 0.0306. The SMILES string of the molecule is Cc1cc(N=Nc2cc3c(cc2S(=O)(=O)O)C=C(S(=O)(=O)O)/C(=N/Nc2ccc(S(=O)(=O)O)c4ccccc24)C3=O)c(N)c(N=Nc2ccc(-c3ccc(N/N=C4/C=CC(=O)C(C(=O)O)=C4)cc3)cc2)c1N. The van der Waals surface area contributed by atoms with Gasteiger partial charge in [-0.2, -0.15) is 40.6 Å². The van der Waals surface area contributed by atoms with Gasteiger partial charge in [-0.15, -0.1) is 15.3 Å². The number of azo groups is 2. The summed E-state index contributed by atoms with van der Waals surface area (Å²) in [5, 5.41) is 34.1. The van der Waals surface area contributed by atoms with E-state index in [1.165, 1.54) is 42.5 Å². The lowest BCUT2D eigenvalue weighted by molar-refractivity contribution is -0.134. The van der Waals surface area contributed by atoms with Crippen molar-refractivity contribution >= 4 is 122 Å². The van der Waals surface area contributed by atoms with Crippen LogP contribution in [0.3, 0.4) is 0 Å². The maximum absolute atomic E-state index is 14.0. The Bertz CT molecular complexity index is 3920. The summed E-state index contributed by atoms with van der Waals surface area (Å²) in [5.41, 5.74) is 18.5. The first-order valence-electron chi connectivity index (χ1n) is 20.4. The summed E-state index contributed by atoms with van der Waals surface area (Å²) in [7, 11) is -15.1. The van der Waals surface area contributed by atoms with E-state index in [2.05, 4.69) is 41.5 Å². The quantitative estimate of drug-likeness (QED) is 0.0135. The third-order valence-electron chi connectivity index (χ3n) is 10.8. The summed E-state index contributed by atoms with van der Waals surface area (Å²) in [5.74, 6) is -3.16. The lowest BCUT2D eigenvalue weighted by atomic mass is 9.94. The van der Waals surface area contributed by atoms with Gasteiger partial charge in [0.15, 0.2) is 11.5 Å². The number of aliphatic carboxylic acids is 1. The third kappa shape index (κ3) is 10.3. The van der Waals surface area contributed by atoms with Crippen molar-refractivity contribution in [2.45, 2.75) is 16.7 Å². The molecule has 72 heavy (non-hydrogen) atoms. The number of fused-ring (bicyclic) bond motifs is 2. The Morgan fingerprint density at radius 3 is 1.90 bits per heavy atom. The molecule has 2 aliphatic rings. The standard InChI is InChI=1S/C46H34N10O13S3/c1-23-18-36(42(48)44(41(23)47)56-50-28-12-8-25(9-13-28)24-6-10-27(11-7-24)49-51-29-14-16-37(57)33(21-29)46(59)60)54-53-35-22-32-26(19-39(35)71(64,65)66)20-40(72(67,68)69)43(45(32)58)55-52-34-15-17-38(70(61,62)63)31-5-3-2-4-30(31)34/h2-22,49,52H,47-48H2,1H3,(H,59,60)(H,61,62,63)(H,64,65,66)(H,67,68,69)/b51-29-,54-53?,55-43-,56-50?. The number of nitrogens with zero attached hydrogens (tertiary/aromatic N) is 6. The van der Waals surface area contributed by atoms with Crippen molar-refractivity contribution in [3.63, 3.8) is 0 Å². The van der Waals surface area contributed by atoms with Crippen LogP contribution >= 0.6 is 0 Å². The fraction of sp³-hybridized carbons (Fsp3) is 0.0217. The number of rotatable bonds is 13. The van der Waals surface area contributed by atoms with Gasteiger partial charge in [0.2, 0.25) is 5.78 Å². The van der Waals surface area contributed by atoms with Gasteiger partial charge in [-0.05, 0) is 108 Å². The number of carboxylic acid groups (broad SMARTS) is 1. The van der Waals surface area contributed by atoms with Gasteiger partial charge >= 0.3 is 5.97 Å². The molecule has 23 nitrogen and oxygen atoms in total. The van der Waals surface area contributed by atoms with Crippen molar-refractivity contribution < 1.29 is 58.4 Å². The zero-order valence-corrected chi connectivity index (χ0v) is 39.1. The summed E-state index contributed by atoms with van der Waals surface area (Å²) in [4.78, 5) is 34.6. The van der Waals surface area contributed by atoms with Crippen molar-refractivity contribution in [1.29, 1.82) is 0 Å². The van der Waals surface area contributed by atoms with E-state index < -0.39 is 85.1 Å². The number of Topliss-reactive ketones (excluding diaryl/α,β-unsaturated/α-hetero) is 1. The molecule has 0 saturated carbocycles. The highest BCUT2D eigenvalue weighted by molar-refractivity contribution is 7.91. The molecule has 10 N–H and O–H groups in total. The van der Waals surface area contributed by atoms with Crippen LogP contribution in [0.25, 0.3) is 28.0 Å². The van der Waals surface area contributed by atoms with E-state index in [4.69, 9.17) is 11.5 Å². The van der Waals surface area contributed by atoms with E-state index in [1.54, 1.807) is 43.3 Å². The number of hydrogen-bond acceptors (Lipinski definition) is 19. The van der Waals surface area contributed by atoms with Crippen LogP contribution in [0.15, 0.2) is 172 Å². The molecule has 0 saturated heterocycles. The first kappa shape index (κ1) is 49.5. The summed E-state index contributed by atoms with van der Waals surface area (Å²) in [6.45, 7) is 1.59. The smallest absolute Gasteiger partial charge is 0.339 e. The van der Waals surface area contributed by atoms with Crippen LogP contribution in [0.2, 0.25) is 0 Å². The highest BCUT2D eigenvalue weighted by atomic mass is 32.2. The predicted octanol–water partition coefficient (Wildman–Crippen LogP) is 8.11. The van der Waals surface area contributed by atoms with E-state index in [1.807, 2.05) is 12.1 Å². The Morgan fingerprint density at radius 2 is 1.26 bits per heavy atom. The van der Waals surface area contributed by atoms with Crippen LogP contribution in [0.1, 0.15) is 21.5 Å². The van der Waals surface area contributed by atoms with Gasteiger partial charge in [0.1, 0.15) is 37.3 Å². The monoisotopic (exact) mass is 1030 g/mol. The van der Waals surface area contributed by atoms with E-state index >= 15 is 0 Å². The second-order valence-electron chi connectivity index (χ2n) is 15.5. The fourth-order valence-electron chi connectivity index (χ4n) is 7.21. The molecule has 0 atom stereocenters. The van der Waals surface area contributed by atoms with E-state index in [9.17, 15) is 58.4 Å². The van der Waals surface area contributed by atoms with E-state index in [0.29, 0.717) is 16.9 Å². The summed E-state index contributed by atoms with van der Waals surface area (Å²) >= 11 is 0. The van der Waals surface area contributed by atoms with Crippen molar-refractivity contribution in [3.8, 4) is 11.1 Å². The van der Waals surface area contributed by atoms with Gasteiger partial charge in [0.25, 0.3) is 30.4 Å². The van der Waals surface area contributed by atoms with Gasteiger partial charge in [-0.3, -0.25) is 34.1 Å². The Labute approximate surface area is 407 Å². The topological polar surface area (TPSA) is 385 Å². The Balaban J connectivity index is 1.05. The number of nitrogens with two attached hydrogens (primary N) is 2. The van der Waals surface area contributed by atoms with Crippen molar-refractivity contribution in [2.24, 2.45) is 30.7 Å². The van der Waals surface area contributed by atoms with Crippen LogP contribution in [-0.4, -0.2) is 73.0 Å². The number of anilines is 4. The highest BCUT2D eigenvalue weighted by Gasteiger charge is 2.35. The number of nitrogen functional groups attached to an aromatic ring is 2. The van der Waals surface area contributed by atoms with Crippen LogP contribution in [0.5, 0.6) is 0 Å². The Kier molecular flexibility index (Phi) is 13.1. The normalized spacial score (nSPS) is 15.3. The maximum atomic E-state index is 14.0. The second kappa shape index (κ2) is 19.1. The number of aryl methyl sites for hydroxylation is 1. The van der Waals surface area contributed by atoms with E-state index in [-0.39, 0.29) is 50.5 Å². The average molecular weight is 1030 g/mol. The zero-order valence-electron chi connectivity index (χ0n) is 36.7. The number of carboxylic acids is 1. The third-order valence-corrected chi connectivity index (χ3v) is 13.5. The van der Waals surface area contributed by atoms with Crippen molar-refractivity contribution in [1.82, 2.24) is 0 Å². The van der Waals surface area contributed by atoms with Crippen molar-refractivity contribution in [3.05, 3.63) is 149 Å². The molecule has 8 rings (SSSR count). The van der Waals surface area contributed by atoms with Crippen LogP contribution in [0.4, 0.5) is 45.5 Å². The molecule has 0 fully saturated rings. The Morgan fingerprint density at radius 1 is 0.625 bits per heavy atom. The summed E-state index contributed by atoms with van der Waals surface area (Å²) in [6, 6.07) is 25.1. The fourth-order valence-corrected chi connectivity index (χ4v) is 9.20. The molecule has 0 aliphatic heterocycles. The lowest BCUT2D eigenvalue weighted by Crippen LogP contribution is -2.27. The lowest BCUT2D eigenvalue weighted by Gasteiger charge is -2.18.